The maximum Gasteiger partial charge on any atom is 0.332 e. The van der Waals surface area contributed by atoms with Crippen LogP contribution in [0.25, 0.3) is 11.2 Å². The van der Waals surface area contributed by atoms with Gasteiger partial charge in [0.1, 0.15) is 6.54 Å². The van der Waals surface area contributed by atoms with Crippen molar-refractivity contribution < 1.29 is 4.79 Å². The fourth-order valence-electron chi connectivity index (χ4n) is 3.49. The molecule has 0 aliphatic carbocycles. The van der Waals surface area contributed by atoms with Gasteiger partial charge < -0.3 is 14.8 Å². The van der Waals surface area contributed by atoms with Gasteiger partial charge in [0.2, 0.25) is 5.91 Å². The minimum Gasteiger partial charge on any atom is -0.354 e. The van der Waals surface area contributed by atoms with E-state index in [4.69, 9.17) is 0 Å². The fraction of sp³-hybridized carbons (Fsp3) is 0.647. The molecule has 1 unspecified atom stereocenters. The van der Waals surface area contributed by atoms with Crippen LogP contribution in [0, 0.1) is 5.92 Å². The zero-order valence-electron chi connectivity index (χ0n) is 15.6. The molecule has 3 rings (SSSR count). The summed E-state index contributed by atoms with van der Waals surface area (Å²) < 4.78 is 3.81. The van der Waals surface area contributed by atoms with Crippen LogP contribution in [0.5, 0.6) is 0 Å². The highest BCUT2D eigenvalue weighted by Crippen LogP contribution is 2.09. The van der Waals surface area contributed by atoms with Crippen molar-refractivity contribution in [2.24, 2.45) is 20.0 Å². The molecule has 1 saturated heterocycles. The Bertz CT molecular complexity index is 919. The van der Waals surface area contributed by atoms with Gasteiger partial charge in [-0.05, 0) is 31.8 Å². The normalized spacial score (nSPS) is 16.3. The van der Waals surface area contributed by atoms with E-state index in [9.17, 15) is 14.4 Å². The minimum atomic E-state index is -0.540. The third-order valence-electron chi connectivity index (χ3n) is 4.92. The van der Waals surface area contributed by atoms with Gasteiger partial charge in [-0.25, -0.2) is 14.3 Å². The Morgan fingerprint density at radius 3 is 2.65 bits per heavy atom. The smallest absolute Gasteiger partial charge is 0.332 e. The minimum absolute atomic E-state index is 0.289. The molecule has 1 amide bonds. The molecular weight excluding hydrogens is 336 g/mol. The molecule has 9 nitrogen and oxygen atoms in total. The summed E-state index contributed by atoms with van der Waals surface area (Å²) in [7, 11) is 3.23. The summed E-state index contributed by atoms with van der Waals surface area (Å²) >= 11 is 0. The van der Waals surface area contributed by atoms with Gasteiger partial charge in [0, 0.05) is 27.2 Å². The maximum absolute atomic E-state index is 12.6. The average Bonchev–Trinajstić information content (AvgIpc) is 3.24. The van der Waals surface area contributed by atoms with Crippen molar-refractivity contribution in [1.82, 2.24) is 28.9 Å². The number of hydrogen-bond donors (Lipinski definition) is 1. The first-order valence-corrected chi connectivity index (χ1v) is 8.98. The second-order valence-electron chi connectivity index (χ2n) is 7.18. The highest BCUT2D eigenvalue weighted by Gasteiger charge is 2.18. The summed E-state index contributed by atoms with van der Waals surface area (Å²) in [6, 6.07) is 0. The molecule has 2 aromatic heterocycles. The zero-order chi connectivity index (χ0) is 18.8. The third-order valence-corrected chi connectivity index (χ3v) is 4.92. The number of nitrogens with zero attached hydrogens (tertiary/aromatic N) is 5. The Balaban J connectivity index is 1.68. The number of carbonyl (C=O) groups is 1. The molecule has 142 valence electrons. The molecule has 1 fully saturated rings. The first-order chi connectivity index (χ1) is 12.4. The molecular formula is C17H26N6O3. The number of aromatic nitrogens is 4. The van der Waals surface area contributed by atoms with Crippen LogP contribution in [0.3, 0.4) is 0 Å². The van der Waals surface area contributed by atoms with Gasteiger partial charge in [0.15, 0.2) is 11.2 Å². The molecule has 0 spiro atoms. The van der Waals surface area contributed by atoms with Crippen LogP contribution in [0.1, 0.15) is 19.8 Å². The zero-order valence-corrected chi connectivity index (χ0v) is 15.6. The van der Waals surface area contributed by atoms with E-state index < -0.39 is 11.2 Å². The predicted molar refractivity (Wildman–Crippen MR) is 98.1 cm³/mol. The van der Waals surface area contributed by atoms with E-state index in [0.717, 1.165) is 24.2 Å². The van der Waals surface area contributed by atoms with Crippen LogP contribution in [-0.2, 0) is 25.4 Å². The van der Waals surface area contributed by atoms with E-state index in [0.29, 0.717) is 23.6 Å². The van der Waals surface area contributed by atoms with E-state index in [1.165, 1.54) is 23.7 Å². The monoisotopic (exact) mass is 362 g/mol. The maximum atomic E-state index is 12.6. The Hall–Kier alpha value is -2.42. The van der Waals surface area contributed by atoms with Crippen molar-refractivity contribution in [3.63, 3.8) is 0 Å². The topological polar surface area (TPSA) is 94.2 Å². The molecule has 1 atom stereocenters. The lowest BCUT2D eigenvalue weighted by Gasteiger charge is -2.20. The lowest BCUT2D eigenvalue weighted by molar-refractivity contribution is -0.122. The van der Waals surface area contributed by atoms with Gasteiger partial charge in [-0.2, -0.15) is 0 Å². The number of imidazole rings is 1. The summed E-state index contributed by atoms with van der Waals surface area (Å²) in [5.41, 5.74) is -0.412. The molecule has 2 aromatic rings. The van der Waals surface area contributed by atoms with Gasteiger partial charge in [-0.3, -0.25) is 14.2 Å². The SMILES string of the molecule is CC(CNC(=O)Cn1c(=O)c2c(ncn2C)n(C)c1=O)CN1CCCC1. The standard InChI is InChI=1S/C17H26N6O3/c1-12(9-22-6-4-5-7-22)8-18-13(24)10-23-16(25)14-15(19-11-20(14)2)21(3)17(23)26/h11-12H,4-10H2,1-3H3,(H,18,24). The molecule has 1 aliphatic rings. The first kappa shape index (κ1) is 18.4. The van der Waals surface area contributed by atoms with E-state index >= 15 is 0 Å². The summed E-state index contributed by atoms with van der Waals surface area (Å²) in [4.78, 5) is 43.7. The number of carbonyl (C=O) groups excluding carboxylic acids is 1. The van der Waals surface area contributed by atoms with Crippen LogP contribution in [-0.4, -0.2) is 55.7 Å². The molecule has 0 aromatic carbocycles. The van der Waals surface area contributed by atoms with E-state index in [-0.39, 0.29) is 12.5 Å². The Labute approximate surface area is 151 Å². The van der Waals surface area contributed by atoms with Gasteiger partial charge in [0.05, 0.1) is 6.33 Å². The fourth-order valence-corrected chi connectivity index (χ4v) is 3.49. The number of hydrogen-bond acceptors (Lipinski definition) is 5. The summed E-state index contributed by atoms with van der Waals surface area (Å²) in [6.45, 7) is 5.51. The molecule has 3 heterocycles. The lowest BCUT2D eigenvalue weighted by atomic mass is 10.1. The molecule has 0 radical (unpaired) electrons. The summed E-state index contributed by atoms with van der Waals surface area (Å²) in [5, 5.41) is 2.84. The number of amides is 1. The van der Waals surface area contributed by atoms with Crippen LogP contribution in [0.15, 0.2) is 15.9 Å². The highest BCUT2D eigenvalue weighted by molar-refractivity contribution is 5.76. The molecule has 1 aliphatic heterocycles. The summed E-state index contributed by atoms with van der Waals surface area (Å²) in [6.07, 6.45) is 3.96. The largest absolute Gasteiger partial charge is 0.354 e. The Morgan fingerprint density at radius 2 is 1.96 bits per heavy atom. The second-order valence-corrected chi connectivity index (χ2v) is 7.18. The van der Waals surface area contributed by atoms with Crippen LogP contribution in [0.4, 0.5) is 0 Å². The number of aryl methyl sites for hydroxylation is 2. The summed E-state index contributed by atoms with van der Waals surface area (Å²) in [5.74, 6) is -0.0184. The number of fused-ring (bicyclic) bond motifs is 1. The van der Waals surface area contributed by atoms with E-state index in [2.05, 4.69) is 22.1 Å². The van der Waals surface area contributed by atoms with E-state index in [1.807, 2.05) is 0 Å². The molecule has 9 heteroatoms. The van der Waals surface area contributed by atoms with Gasteiger partial charge >= 0.3 is 5.69 Å². The average molecular weight is 362 g/mol. The number of rotatable bonds is 6. The quantitative estimate of drug-likeness (QED) is 0.732. The molecule has 26 heavy (non-hydrogen) atoms. The Morgan fingerprint density at radius 1 is 1.27 bits per heavy atom. The van der Waals surface area contributed by atoms with Gasteiger partial charge in [-0.15, -0.1) is 0 Å². The van der Waals surface area contributed by atoms with Crippen molar-refractivity contribution in [3.8, 4) is 0 Å². The van der Waals surface area contributed by atoms with E-state index in [1.54, 1.807) is 18.7 Å². The van der Waals surface area contributed by atoms with Crippen molar-refractivity contribution in [3.05, 3.63) is 27.2 Å². The number of nitrogens with one attached hydrogen (secondary N) is 1. The van der Waals surface area contributed by atoms with Crippen molar-refractivity contribution >= 4 is 17.1 Å². The predicted octanol–water partition coefficient (Wildman–Crippen LogP) is -0.718. The lowest BCUT2D eigenvalue weighted by Crippen LogP contribution is -2.44. The number of likely N-dealkylation sites (tertiary alicyclic amines) is 1. The van der Waals surface area contributed by atoms with Gasteiger partial charge in [-0.1, -0.05) is 6.92 Å². The molecule has 0 saturated carbocycles. The second kappa shape index (κ2) is 7.45. The van der Waals surface area contributed by atoms with Gasteiger partial charge in [0.25, 0.3) is 5.56 Å². The van der Waals surface area contributed by atoms with Crippen LogP contribution >= 0.6 is 0 Å². The molecule has 1 N–H and O–H groups in total. The van der Waals surface area contributed by atoms with Crippen molar-refractivity contribution in [2.75, 3.05) is 26.2 Å². The first-order valence-electron chi connectivity index (χ1n) is 8.98. The van der Waals surface area contributed by atoms with Crippen LogP contribution in [0.2, 0.25) is 0 Å². The molecule has 0 bridgehead atoms. The van der Waals surface area contributed by atoms with Crippen molar-refractivity contribution in [2.45, 2.75) is 26.3 Å². The Kier molecular flexibility index (Phi) is 5.26. The van der Waals surface area contributed by atoms with Crippen LogP contribution < -0.4 is 16.6 Å². The third kappa shape index (κ3) is 3.57. The van der Waals surface area contributed by atoms with Crippen molar-refractivity contribution in [1.29, 1.82) is 0 Å². The highest BCUT2D eigenvalue weighted by atomic mass is 16.2.